The topological polar surface area (TPSA) is 76.4 Å². The molecule has 0 amide bonds. The summed E-state index contributed by atoms with van der Waals surface area (Å²) in [5.41, 5.74) is 4.08. The van der Waals surface area contributed by atoms with E-state index in [9.17, 15) is 8.42 Å². The summed E-state index contributed by atoms with van der Waals surface area (Å²) in [4.78, 5) is 0. The van der Waals surface area contributed by atoms with Crippen LogP contribution in [0.15, 0.2) is 72.9 Å². The minimum absolute atomic E-state index is 0.525. The van der Waals surface area contributed by atoms with E-state index in [2.05, 4.69) is 14.9 Å². The van der Waals surface area contributed by atoms with Gasteiger partial charge in [-0.25, -0.2) is 8.42 Å². The molecule has 7 heteroatoms. The molecule has 130 valence electrons. The second-order valence-electron chi connectivity index (χ2n) is 5.99. The van der Waals surface area contributed by atoms with Crippen LogP contribution < -0.4 is 4.72 Å². The van der Waals surface area contributed by atoms with Gasteiger partial charge in [0.1, 0.15) is 0 Å². The average Bonchev–Trinajstić information content (AvgIpc) is 3.04. The maximum absolute atomic E-state index is 11.5. The number of pyridine rings is 1. The van der Waals surface area contributed by atoms with E-state index >= 15 is 0 Å². The van der Waals surface area contributed by atoms with E-state index in [0.29, 0.717) is 5.69 Å². The van der Waals surface area contributed by atoms with Crippen molar-refractivity contribution in [1.82, 2.24) is 14.6 Å². The zero-order chi connectivity index (χ0) is 18.1. The van der Waals surface area contributed by atoms with E-state index in [1.807, 2.05) is 65.2 Å². The van der Waals surface area contributed by atoms with Crippen molar-refractivity contribution in [3.63, 3.8) is 0 Å². The van der Waals surface area contributed by atoms with Gasteiger partial charge >= 0.3 is 0 Å². The van der Waals surface area contributed by atoms with E-state index < -0.39 is 10.0 Å². The summed E-state index contributed by atoms with van der Waals surface area (Å²) in [5.74, 6) is 0.757. The van der Waals surface area contributed by atoms with Crippen molar-refractivity contribution in [3.05, 3.63) is 72.9 Å². The van der Waals surface area contributed by atoms with E-state index in [1.165, 1.54) is 0 Å². The molecule has 26 heavy (non-hydrogen) atoms. The number of sulfonamides is 1. The molecule has 0 atom stereocenters. The quantitative estimate of drug-likeness (QED) is 0.602. The second-order valence-corrected chi connectivity index (χ2v) is 7.74. The first-order valence-electron chi connectivity index (χ1n) is 7.98. The highest BCUT2D eigenvalue weighted by Crippen LogP contribution is 2.25. The summed E-state index contributed by atoms with van der Waals surface area (Å²) in [6, 6.07) is 21.0. The fraction of sp³-hybridized carbons (Fsp3) is 0.0526. The molecule has 0 aliphatic heterocycles. The van der Waals surface area contributed by atoms with Crippen LogP contribution in [0.4, 0.5) is 5.69 Å². The van der Waals surface area contributed by atoms with Gasteiger partial charge in [0.15, 0.2) is 11.5 Å². The van der Waals surface area contributed by atoms with Gasteiger partial charge in [0.05, 0.1) is 6.26 Å². The summed E-state index contributed by atoms with van der Waals surface area (Å²) in [6.07, 6.45) is 3.09. The molecule has 4 aromatic rings. The number of fused-ring (bicyclic) bond motifs is 1. The Morgan fingerprint density at radius 1 is 0.846 bits per heavy atom. The molecule has 4 rings (SSSR count). The van der Waals surface area contributed by atoms with Crippen molar-refractivity contribution in [2.45, 2.75) is 0 Å². The molecule has 0 aliphatic rings. The van der Waals surface area contributed by atoms with Crippen LogP contribution >= 0.6 is 0 Å². The number of hydrogen-bond acceptors (Lipinski definition) is 4. The Labute approximate surface area is 151 Å². The van der Waals surface area contributed by atoms with Crippen molar-refractivity contribution in [2.75, 3.05) is 11.0 Å². The first-order valence-corrected chi connectivity index (χ1v) is 9.87. The molecule has 6 nitrogen and oxygen atoms in total. The number of nitrogens with zero attached hydrogens (tertiary/aromatic N) is 3. The Kier molecular flexibility index (Phi) is 3.93. The van der Waals surface area contributed by atoms with Crippen LogP contribution in [-0.2, 0) is 10.0 Å². The lowest BCUT2D eigenvalue weighted by molar-refractivity contribution is 0.607. The Hall–Kier alpha value is -3.19. The summed E-state index contributed by atoms with van der Waals surface area (Å²) in [6.45, 7) is 0. The Bertz CT molecular complexity index is 1180. The molecule has 1 N–H and O–H groups in total. The largest absolute Gasteiger partial charge is 0.284 e. The van der Waals surface area contributed by atoms with Crippen LogP contribution in [0.1, 0.15) is 0 Å². The molecular formula is C19H16N4O2S. The highest BCUT2D eigenvalue weighted by molar-refractivity contribution is 7.92. The van der Waals surface area contributed by atoms with Crippen LogP contribution in [0, 0.1) is 0 Å². The molecule has 2 aromatic heterocycles. The SMILES string of the molecule is CS(=O)(=O)Nc1cccc(-c2ccc3nnc(-c4ccccc4)n3c2)c1. The van der Waals surface area contributed by atoms with Crippen LogP contribution in [-0.4, -0.2) is 29.3 Å². The van der Waals surface area contributed by atoms with Gasteiger partial charge in [0, 0.05) is 17.4 Å². The molecule has 0 spiro atoms. The van der Waals surface area contributed by atoms with Crippen LogP contribution in [0.25, 0.3) is 28.2 Å². The van der Waals surface area contributed by atoms with Crippen LogP contribution in [0.5, 0.6) is 0 Å². The molecule has 0 aliphatic carbocycles. The number of anilines is 1. The van der Waals surface area contributed by atoms with Crippen molar-refractivity contribution >= 4 is 21.4 Å². The fourth-order valence-corrected chi connectivity index (χ4v) is 3.38. The average molecular weight is 364 g/mol. The predicted molar refractivity (Wildman–Crippen MR) is 102 cm³/mol. The second kappa shape index (κ2) is 6.27. The molecule has 0 saturated carbocycles. The fourth-order valence-electron chi connectivity index (χ4n) is 2.82. The maximum Gasteiger partial charge on any atom is 0.229 e. The van der Waals surface area contributed by atoms with Gasteiger partial charge in [-0.05, 0) is 35.4 Å². The summed E-state index contributed by atoms with van der Waals surface area (Å²) in [7, 11) is -3.32. The molecule has 0 unspecified atom stereocenters. The molecule has 2 heterocycles. The van der Waals surface area contributed by atoms with E-state index in [-0.39, 0.29) is 0 Å². The lowest BCUT2D eigenvalue weighted by atomic mass is 10.1. The zero-order valence-electron chi connectivity index (χ0n) is 14.0. The van der Waals surface area contributed by atoms with E-state index in [4.69, 9.17) is 0 Å². The monoisotopic (exact) mass is 364 g/mol. The van der Waals surface area contributed by atoms with Crippen molar-refractivity contribution in [1.29, 1.82) is 0 Å². The van der Waals surface area contributed by atoms with Crippen LogP contribution in [0.2, 0.25) is 0 Å². The standard InChI is InChI=1S/C19H16N4O2S/c1-26(24,25)22-17-9-5-8-15(12-17)16-10-11-18-20-21-19(23(18)13-16)14-6-3-2-4-7-14/h2-13,22H,1H3. The zero-order valence-corrected chi connectivity index (χ0v) is 14.8. The Morgan fingerprint density at radius 2 is 1.62 bits per heavy atom. The molecule has 0 saturated heterocycles. The number of benzene rings is 2. The van der Waals surface area contributed by atoms with Crippen molar-refractivity contribution in [2.24, 2.45) is 0 Å². The highest BCUT2D eigenvalue weighted by atomic mass is 32.2. The van der Waals surface area contributed by atoms with Gasteiger partial charge in [0.2, 0.25) is 10.0 Å². The molecule has 0 radical (unpaired) electrons. The predicted octanol–water partition coefficient (Wildman–Crippen LogP) is 3.43. The number of hydrogen-bond donors (Lipinski definition) is 1. The molecule has 0 bridgehead atoms. The normalized spacial score (nSPS) is 11.6. The minimum Gasteiger partial charge on any atom is -0.284 e. The Balaban J connectivity index is 1.80. The maximum atomic E-state index is 11.5. The first kappa shape index (κ1) is 16.3. The van der Waals surface area contributed by atoms with Gasteiger partial charge in [-0.3, -0.25) is 9.12 Å². The Morgan fingerprint density at radius 3 is 2.38 bits per heavy atom. The van der Waals surface area contributed by atoms with Crippen LogP contribution in [0.3, 0.4) is 0 Å². The molecule has 2 aromatic carbocycles. The molecular weight excluding hydrogens is 348 g/mol. The van der Waals surface area contributed by atoms with Crippen molar-refractivity contribution < 1.29 is 8.42 Å². The number of rotatable bonds is 4. The lowest BCUT2D eigenvalue weighted by Crippen LogP contribution is -2.09. The van der Waals surface area contributed by atoms with Crippen molar-refractivity contribution in [3.8, 4) is 22.5 Å². The number of nitrogens with one attached hydrogen (secondary N) is 1. The third kappa shape index (κ3) is 3.29. The van der Waals surface area contributed by atoms with Gasteiger partial charge in [0.25, 0.3) is 0 Å². The molecule has 0 fully saturated rings. The van der Waals surface area contributed by atoms with E-state index in [1.54, 1.807) is 12.1 Å². The highest BCUT2D eigenvalue weighted by Gasteiger charge is 2.10. The smallest absolute Gasteiger partial charge is 0.229 e. The number of aromatic nitrogens is 3. The van der Waals surface area contributed by atoms with Gasteiger partial charge < -0.3 is 0 Å². The summed E-state index contributed by atoms with van der Waals surface area (Å²) < 4.78 is 27.3. The summed E-state index contributed by atoms with van der Waals surface area (Å²) in [5, 5.41) is 8.50. The minimum atomic E-state index is -3.32. The van der Waals surface area contributed by atoms with Gasteiger partial charge in [-0.1, -0.05) is 42.5 Å². The third-order valence-electron chi connectivity index (χ3n) is 3.93. The third-order valence-corrected chi connectivity index (χ3v) is 4.54. The van der Waals surface area contributed by atoms with Gasteiger partial charge in [-0.15, -0.1) is 10.2 Å². The summed E-state index contributed by atoms with van der Waals surface area (Å²) >= 11 is 0. The van der Waals surface area contributed by atoms with Gasteiger partial charge in [-0.2, -0.15) is 0 Å². The first-order chi connectivity index (χ1) is 12.5. The van der Waals surface area contributed by atoms with E-state index in [0.717, 1.165) is 34.4 Å². The lowest BCUT2D eigenvalue weighted by Gasteiger charge is -2.08.